The zero-order valence-electron chi connectivity index (χ0n) is 37.7. The molecule has 2 aromatic rings. The molecule has 0 saturated carbocycles. The second-order valence-electron chi connectivity index (χ2n) is 16.8. The van der Waals surface area contributed by atoms with Gasteiger partial charge in [0.25, 0.3) is 11.7 Å². The molecular weight excluding hydrogens is 801 g/mol. The second-order valence-corrected chi connectivity index (χ2v) is 16.8. The van der Waals surface area contributed by atoms with Gasteiger partial charge in [-0.1, -0.05) is 90.1 Å². The van der Waals surface area contributed by atoms with Gasteiger partial charge < -0.3 is 54.6 Å². The van der Waals surface area contributed by atoms with Crippen LogP contribution < -0.4 is 10.1 Å². The number of nitrogens with one attached hydrogen (secondary N) is 1. The maximum Gasteiger partial charge on any atom is 0.312 e. The number of benzene rings is 2. The third-order valence-electron chi connectivity index (χ3n) is 12.1. The third kappa shape index (κ3) is 10.9. The highest BCUT2D eigenvalue weighted by atomic mass is 16.7. The van der Waals surface area contributed by atoms with E-state index in [9.17, 15) is 39.9 Å². The number of oxime groups is 1. The molecule has 3 aliphatic rings. The number of aliphatic hydroxyl groups is 2. The molecule has 3 heterocycles. The summed E-state index contributed by atoms with van der Waals surface area (Å²) in [5, 5.41) is 64.4. The number of Topliss-reactive ketones (excluding diaryl/α,β-unsaturated/α-hetero) is 1. The van der Waals surface area contributed by atoms with Crippen LogP contribution in [0.2, 0.25) is 0 Å². The van der Waals surface area contributed by atoms with E-state index in [0.717, 1.165) is 38.3 Å². The molecule has 0 aromatic heterocycles. The summed E-state index contributed by atoms with van der Waals surface area (Å²) in [4.78, 5) is 46.0. The average molecular weight is 867 g/mol. The van der Waals surface area contributed by atoms with Crippen LogP contribution in [-0.2, 0) is 28.6 Å². The molecule has 0 aliphatic carbocycles. The number of ketones is 1. The minimum Gasteiger partial charge on any atom is -0.507 e. The molecule has 342 valence electrons. The van der Waals surface area contributed by atoms with Crippen molar-refractivity contribution in [3.63, 3.8) is 0 Å². The molecule has 5 bridgehead atoms. The smallest absolute Gasteiger partial charge is 0.312 e. The summed E-state index contributed by atoms with van der Waals surface area (Å²) in [6, 6.07) is 0. The van der Waals surface area contributed by atoms with Gasteiger partial charge in [0.15, 0.2) is 5.75 Å². The van der Waals surface area contributed by atoms with Crippen LogP contribution in [0.4, 0.5) is 5.69 Å². The van der Waals surface area contributed by atoms with E-state index in [1.807, 2.05) is 0 Å². The molecule has 6 N–H and O–H groups in total. The molecule has 0 radical (unpaired) electrons. The number of methoxy groups -OCH3 is 1. The van der Waals surface area contributed by atoms with Crippen molar-refractivity contribution >= 4 is 40.3 Å². The number of fused-ring (bicyclic) bond motifs is 14. The molecule has 9 atom stereocenters. The maximum atomic E-state index is 14.4. The van der Waals surface area contributed by atoms with Gasteiger partial charge in [-0.15, -0.1) is 0 Å². The summed E-state index contributed by atoms with van der Waals surface area (Å²) >= 11 is 0. The highest BCUT2D eigenvalue weighted by molar-refractivity contribution is 6.23. The van der Waals surface area contributed by atoms with Crippen molar-refractivity contribution in [2.75, 3.05) is 19.0 Å². The van der Waals surface area contributed by atoms with Gasteiger partial charge in [0.05, 0.1) is 53.0 Å². The number of ether oxygens (including phenoxy) is 4. The van der Waals surface area contributed by atoms with Crippen LogP contribution in [0.1, 0.15) is 122 Å². The normalized spacial score (nSPS) is 27.3. The number of hydrogen-bond acceptors (Lipinski definition) is 14. The van der Waals surface area contributed by atoms with Crippen LogP contribution in [0.5, 0.6) is 23.0 Å². The number of amides is 1. The van der Waals surface area contributed by atoms with Gasteiger partial charge in [-0.25, -0.2) is 0 Å². The minimum atomic E-state index is -2.06. The summed E-state index contributed by atoms with van der Waals surface area (Å²) in [7, 11) is 1.43. The Morgan fingerprint density at radius 3 is 2.21 bits per heavy atom. The first-order valence-corrected chi connectivity index (χ1v) is 21.6. The van der Waals surface area contributed by atoms with Crippen LogP contribution >= 0.6 is 0 Å². The summed E-state index contributed by atoms with van der Waals surface area (Å²) in [5.41, 5.74) is -0.538. The van der Waals surface area contributed by atoms with Crippen molar-refractivity contribution < 1.29 is 63.7 Å². The number of anilines is 1. The van der Waals surface area contributed by atoms with Gasteiger partial charge in [0.2, 0.25) is 0 Å². The van der Waals surface area contributed by atoms with E-state index in [1.165, 1.54) is 66.1 Å². The number of allylic oxidation sites excluding steroid dienone is 2. The largest absolute Gasteiger partial charge is 0.507 e. The van der Waals surface area contributed by atoms with Crippen molar-refractivity contribution in [1.82, 2.24) is 0 Å². The van der Waals surface area contributed by atoms with Crippen molar-refractivity contribution in [3.8, 4) is 23.0 Å². The van der Waals surface area contributed by atoms with E-state index in [1.54, 1.807) is 39.8 Å². The predicted molar refractivity (Wildman–Crippen MR) is 235 cm³/mol. The monoisotopic (exact) mass is 866 g/mol. The van der Waals surface area contributed by atoms with Gasteiger partial charge >= 0.3 is 11.8 Å². The minimum absolute atomic E-state index is 0.0426. The van der Waals surface area contributed by atoms with Gasteiger partial charge in [-0.2, -0.15) is 0 Å². The molecule has 3 aliphatic heterocycles. The number of carbonyl (C=O) groups excluding carboxylic acids is 3. The zero-order chi connectivity index (χ0) is 46.1. The molecule has 0 saturated heterocycles. The van der Waals surface area contributed by atoms with Gasteiger partial charge in [0.1, 0.15) is 30.0 Å². The molecule has 5 rings (SSSR count). The van der Waals surface area contributed by atoms with E-state index in [0.29, 0.717) is 0 Å². The van der Waals surface area contributed by atoms with Crippen LogP contribution in [0.15, 0.2) is 41.3 Å². The lowest BCUT2D eigenvalue weighted by atomic mass is 9.78. The standard InChI is InChI=1S/C47H66N2O13/c1-11-12-13-14-15-16-17-22-60-48-24-32-37-42(55)35-34(41(32)54)36-44(30(7)40(35)53)62-47(9,45(36)56)59-23-21-33(58-10)27(4)43(61-31(8)50)29(6)39(52)28(5)38(51)25(2)19-18-20-26(3)46(57)49-37/h18-21,23-25,27-29,33,38-39,43,51-55H,11-17,22H2,1-10H3,(H,49,57)/t25-,27-,28+,29+,33-,38+,39+,43-,47-/m0/s1. The van der Waals surface area contributed by atoms with Crippen molar-refractivity contribution in [2.45, 2.75) is 137 Å². The van der Waals surface area contributed by atoms with Gasteiger partial charge in [-0.3, -0.25) is 14.4 Å². The molecule has 15 heteroatoms. The summed E-state index contributed by atoms with van der Waals surface area (Å²) in [6.07, 6.45) is 12.0. The first kappa shape index (κ1) is 49.5. The molecule has 15 nitrogen and oxygen atoms in total. The second kappa shape index (κ2) is 21.8. The number of nitrogens with zero attached hydrogens (tertiary/aromatic N) is 1. The van der Waals surface area contributed by atoms with Crippen LogP contribution in [-0.4, -0.2) is 93.3 Å². The topological polar surface area (TPSA) is 223 Å². The maximum absolute atomic E-state index is 14.4. The Kier molecular flexibility index (Phi) is 17.4. The number of aromatic hydroxyl groups is 3. The Bertz CT molecular complexity index is 2060. The number of unbranched alkanes of at least 4 members (excludes halogenated alkanes) is 6. The van der Waals surface area contributed by atoms with E-state index in [4.69, 9.17) is 23.8 Å². The predicted octanol–water partition coefficient (Wildman–Crippen LogP) is 7.86. The Hall–Kier alpha value is -5.12. The first-order valence-electron chi connectivity index (χ1n) is 21.6. The van der Waals surface area contributed by atoms with Crippen LogP contribution in [0, 0.1) is 30.6 Å². The highest BCUT2D eigenvalue weighted by Crippen LogP contribution is 2.55. The average Bonchev–Trinajstić information content (AvgIpc) is 3.50. The first-order chi connectivity index (χ1) is 29.3. The lowest BCUT2D eigenvalue weighted by molar-refractivity contribution is -0.160. The number of carbonyl (C=O) groups is 3. The highest BCUT2D eigenvalue weighted by Gasteiger charge is 2.50. The van der Waals surface area contributed by atoms with Gasteiger partial charge in [-0.05, 0) is 32.8 Å². The number of phenols is 3. The van der Waals surface area contributed by atoms with Crippen LogP contribution in [0.25, 0.3) is 10.8 Å². The van der Waals surface area contributed by atoms with Crippen molar-refractivity contribution in [1.29, 1.82) is 0 Å². The lowest BCUT2D eigenvalue weighted by Crippen LogP contribution is -2.46. The Balaban J connectivity index is 1.87. The van der Waals surface area contributed by atoms with Crippen molar-refractivity contribution in [3.05, 3.63) is 52.8 Å². The molecule has 0 unspecified atom stereocenters. The van der Waals surface area contributed by atoms with Crippen LogP contribution in [0.3, 0.4) is 0 Å². The number of aliphatic hydroxyl groups excluding tert-OH is 2. The summed E-state index contributed by atoms with van der Waals surface area (Å²) in [6.45, 7) is 14.9. The molecule has 62 heavy (non-hydrogen) atoms. The Morgan fingerprint density at radius 2 is 1.56 bits per heavy atom. The van der Waals surface area contributed by atoms with E-state index >= 15 is 0 Å². The number of phenolic OH excluding ortho intramolecular Hbond substituents is 3. The Labute approximate surface area is 364 Å². The molecule has 0 spiro atoms. The van der Waals surface area contributed by atoms with E-state index < -0.39 is 88.8 Å². The van der Waals surface area contributed by atoms with Crippen molar-refractivity contribution in [2.24, 2.45) is 28.8 Å². The fourth-order valence-electron chi connectivity index (χ4n) is 8.14. The van der Waals surface area contributed by atoms with E-state index in [2.05, 4.69) is 17.4 Å². The zero-order valence-corrected chi connectivity index (χ0v) is 37.7. The number of hydrogen-bond donors (Lipinski definition) is 6. The molecule has 1 amide bonds. The number of rotatable bonds is 12. The SMILES string of the molecule is CCCCCCCCCON=Cc1c2c(O)c3c(O)c(C)c4c(c3c1O)C(=O)[C@@](C)(OC=C[C@H](OC)[C@H](C)[C@H](OC(C)=O)[C@H](C)[C@H](O)[C@H](C)[C@H](O)[C@@H](C)C=CC=C(C)C(=O)N2)O4. The molecule has 0 fully saturated rings. The van der Waals surface area contributed by atoms with Gasteiger partial charge in [0, 0.05) is 61.2 Å². The molecule has 2 aromatic carbocycles. The fourth-order valence-corrected chi connectivity index (χ4v) is 8.14. The fraction of sp³-hybridized carbons (Fsp3) is 0.574. The molecular formula is C47H66N2O13. The quantitative estimate of drug-likeness (QED) is 0.0299. The lowest BCUT2D eigenvalue weighted by Gasteiger charge is -2.38. The third-order valence-corrected chi connectivity index (χ3v) is 12.1. The van der Waals surface area contributed by atoms with E-state index in [-0.39, 0.29) is 51.1 Å². The summed E-state index contributed by atoms with van der Waals surface area (Å²) in [5.74, 6) is -8.54. The summed E-state index contributed by atoms with van der Waals surface area (Å²) < 4.78 is 23.6. The Morgan fingerprint density at radius 1 is 0.903 bits per heavy atom. The number of esters is 1.